The van der Waals surface area contributed by atoms with Crippen LogP contribution in [-0.4, -0.2) is 42.4 Å². The van der Waals surface area contributed by atoms with Gasteiger partial charge in [0.2, 0.25) is 0 Å². The molecule has 1 atom stereocenters. The third kappa shape index (κ3) is 3.25. The van der Waals surface area contributed by atoms with E-state index in [1.807, 2.05) is 0 Å². The number of ether oxygens (including phenoxy) is 2. The molecule has 0 spiro atoms. The first-order valence-electron chi connectivity index (χ1n) is 6.26. The Kier molecular flexibility index (Phi) is 4.32. The van der Waals surface area contributed by atoms with Gasteiger partial charge < -0.3 is 24.9 Å². The van der Waals surface area contributed by atoms with Gasteiger partial charge in [0.05, 0.1) is 14.2 Å². The molecule has 7 heteroatoms. The van der Waals surface area contributed by atoms with Crippen LogP contribution >= 0.6 is 0 Å². The molecular weight excluding hydrogens is 276 g/mol. The van der Waals surface area contributed by atoms with Gasteiger partial charge in [-0.05, 0) is 23.8 Å². The van der Waals surface area contributed by atoms with Crippen molar-refractivity contribution < 1.29 is 24.2 Å². The van der Waals surface area contributed by atoms with Crippen molar-refractivity contribution in [1.29, 1.82) is 0 Å². The van der Waals surface area contributed by atoms with E-state index >= 15 is 0 Å². The zero-order chi connectivity index (χ0) is 15.4. The molecule has 1 heterocycles. The Morgan fingerprint density at radius 3 is 2.76 bits per heavy atom. The van der Waals surface area contributed by atoms with E-state index in [1.54, 1.807) is 24.4 Å². The van der Waals surface area contributed by atoms with Crippen molar-refractivity contribution in [2.45, 2.75) is 12.5 Å². The first-order valence-corrected chi connectivity index (χ1v) is 6.26. The van der Waals surface area contributed by atoms with Crippen LogP contribution in [0.3, 0.4) is 0 Å². The number of hydrogen-bond donors (Lipinski definition) is 3. The van der Waals surface area contributed by atoms with E-state index in [0.29, 0.717) is 0 Å². The van der Waals surface area contributed by atoms with Gasteiger partial charge in [0.1, 0.15) is 11.8 Å². The monoisotopic (exact) mass is 292 g/mol. The normalized spacial score (nSPS) is 11.9. The largest absolute Gasteiger partial charge is 0.508 e. The number of benzene rings is 1. The smallest absolute Gasteiger partial charge is 0.407 e. The molecule has 21 heavy (non-hydrogen) atoms. The minimum Gasteiger partial charge on any atom is -0.508 e. The van der Waals surface area contributed by atoms with E-state index < -0.39 is 18.1 Å². The highest BCUT2D eigenvalue weighted by Gasteiger charge is 2.23. The lowest BCUT2D eigenvalue weighted by molar-refractivity contribution is -0.142. The predicted octanol–water partition coefficient (Wildman–Crippen LogP) is 1.31. The number of alkyl carbamates (subject to hydrolysis) is 1. The number of methoxy groups -OCH3 is 2. The van der Waals surface area contributed by atoms with E-state index in [0.717, 1.165) is 16.5 Å². The number of aromatic hydroxyl groups is 1. The van der Waals surface area contributed by atoms with E-state index in [2.05, 4.69) is 19.8 Å². The number of nitrogens with one attached hydrogen (secondary N) is 2. The van der Waals surface area contributed by atoms with Crippen molar-refractivity contribution >= 4 is 23.0 Å². The number of hydrogen-bond acceptors (Lipinski definition) is 5. The topological polar surface area (TPSA) is 101 Å². The highest BCUT2D eigenvalue weighted by atomic mass is 16.5. The summed E-state index contributed by atoms with van der Waals surface area (Å²) in [6.45, 7) is 0. The number of aromatic amines is 1. The molecule has 1 aromatic heterocycles. The van der Waals surface area contributed by atoms with Gasteiger partial charge in [-0.1, -0.05) is 0 Å². The number of phenolic OH excluding ortho intramolecular Hbond substituents is 1. The molecule has 2 aromatic rings. The molecule has 0 unspecified atom stereocenters. The molecule has 0 saturated carbocycles. The van der Waals surface area contributed by atoms with Crippen molar-refractivity contribution in [2.24, 2.45) is 0 Å². The molecule has 0 fully saturated rings. The lowest BCUT2D eigenvalue weighted by Crippen LogP contribution is -2.42. The Morgan fingerprint density at radius 1 is 1.33 bits per heavy atom. The molecular formula is C14H16N2O5. The van der Waals surface area contributed by atoms with Crippen LogP contribution in [-0.2, 0) is 20.7 Å². The average Bonchev–Trinajstić information content (AvgIpc) is 2.87. The minimum absolute atomic E-state index is 0.124. The van der Waals surface area contributed by atoms with Crippen LogP contribution in [0.15, 0.2) is 24.4 Å². The van der Waals surface area contributed by atoms with Crippen molar-refractivity contribution in [2.75, 3.05) is 14.2 Å². The molecule has 0 aliphatic carbocycles. The first kappa shape index (κ1) is 14.7. The maximum Gasteiger partial charge on any atom is 0.407 e. The molecule has 0 bridgehead atoms. The van der Waals surface area contributed by atoms with Crippen LogP contribution in [0, 0.1) is 0 Å². The molecule has 0 radical (unpaired) electrons. The van der Waals surface area contributed by atoms with Crippen LogP contribution in [0.25, 0.3) is 10.9 Å². The maximum atomic E-state index is 11.7. The standard InChI is InChI=1S/C14H16N2O5/c1-20-13(18)12(16-14(19)21-2)5-8-7-15-11-4-3-9(17)6-10(8)11/h3-4,6-7,12,15,17H,5H2,1-2H3,(H,16,19)/t12-/m0/s1. The Labute approximate surface area is 120 Å². The Bertz CT molecular complexity index is 664. The van der Waals surface area contributed by atoms with Gasteiger partial charge in [0.25, 0.3) is 0 Å². The summed E-state index contributed by atoms with van der Waals surface area (Å²) in [6, 6.07) is 4.01. The number of H-pyrrole nitrogens is 1. The summed E-state index contributed by atoms with van der Waals surface area (Å²) < 4.78 is 9.17. The van der Waals surface area contributed by atoms with Gasteiger partial charge in [-0.2, -0.15) is 0 Å². The third-order valence-corrected chi connectivity index (χ3v) is 3.14. The van der Waals surface area contributed by atoms with Crippen LogP contribution in [0.2, 0.25) is 0 Å². The average molecular weight is 292 g/mol. The van der Waals surface area contributed by atoms with Crippen molar-refractivity contribution in [1.82, 2.24) is 10.3 Å². The maximum absolute atomic E-state index is 11.7. The van der Waals surface area contributed by atoms with E-state index in [-0.39, 0.29) is 12.2 Å². The highest BCUT2D eigenvalue weighted by molar-refractivity contribution is 5.86. The lowest BCUT2D eigenvalue weighted by Gasteiger charge is -2.15. The summed E-state index contributed by atoms with van der Waals surface area (Å²) in [5, 5.41) is 12.7. The number of carbonyl (C=O) groups is 2. The Morgan fingerprint density at radius 2 is 2.10 bits per heavy atom. The number of aromatic nitrogens is 1. The summed E-state index contributed by atoms with van der Waals surface area (Å²) in [6.07, 6.45) is 1.22. The summed E-state index contributed by atoms with van der Waals surface area (Å²) in [4.78, 5) is 26.1. The second-order valence-corrected chi connectivity index (χ2v) is 4.46. The number of phenols is 1. The zero-order valence-electron chi connectivity index (χ0n) is 11.7. The van der Waals surface area contributed by atoms with Gasteiger partial charge >= 0.3 is 12.1 Å². The Hall–Kier alpha value is -2.70. The molecule has 0 aliphatic rings. The first-order chi connectivity index (χ1) is 10.0. The van der Waals surface area contributed by atoms with E-state index in [9.17, 15) is 14.7 Å². The number of carbonyl (C=O) groups excluding carboxylic acids is 2. The molecule has 112 valence electrons. The second-order valence-electron chi connectivity index (χ2n) is 4.46. The third-order valence-electron chi connectivity index (χ3n) is 3.14. The van der Waals surface area contributed by atoms with Crippen molar-refractivity contribution in [3.8, 4) is 5.75 Å². The number of rotatable bonds is 4. The molecule has 0 saturated heterocycles. The summed E-state index contributed by atoms with van der Waals surface area (Å²) in [5.41, 5.74) is 1.59. The van der Waals surface area contributed by atoms with Crippen LogP contribution in [0.4, 0.5) is 4.79 Å². The Balaban J connectivity index is 2.27. The molecule has 0 aliphatic heterocycles. The fourth-order valence-corrected chi connectivity index (χ4v) is 2.09. The van der Waals surface area contributed by atoms with Gasteiger partial charge in [-0.3, -0.25) is 0 Å². The minimum atomic E-state index is -0.871. The van der Waals surface area contributed by atoms with Gasteiger partial charge in [-0.25, -0.2) is 9.59 Å². The number of amides is 1. The van der Waals surface area contributed by atoms with Crippen LogP contribution in [0.5, 0.6) is 5.75 Å². The van der Waals surface area contributed by atoms with Gasteiger partial charge in [-0.15, -0.1) is 0 Å². The molecule has 1 aromatic carbocycles. The number of fused-ring (bicyclic) bond motifs is 1. The van der Waals surface area contributed by atoms with Crippen LogP contribution in [0.1, 0.15) is 5.56 Å². The molecule has 2 rings (SSSR count). The van der Waals surface area contributed by atoms with Gasteiger partial charge in [0, 0.05) is 23.5 Å². The second kappa shape index (κ2) is 6.17. The lowest BCUT2D eigenvalue weighted by atomic mass is 10.0. The van der Waals surface area contributed by atoms with Crippen molar-refractivity contribution in [3.05, 3.63) is 30.0 Å². The van der Waals surface area contributed by atoms with E-state index in [1.165, 1.54) is 14.2 Å². The molecule has 7 nitrogen and oxygen atoms in total. The highest BCUT2D eigenvalue weighted by Crippen LogP contribution is 2.24. The SMILES string of the molecule is COC(=O)N[C@@H](Cc1c[nH]c2ccc(O)cc12)C(=O)OC. The molecule has 3 N–H and O–H groups in total. The van der Waals surface area contributed by atoms with Crippen LogP contribution < -0.4 is 5.32 Å². The molecule has 1 amide bonds. The fourth-order valence-electron chi connectivity index (χ4n) is 2.09. The number of esters is 1. The predicted molar refractivity (Wildman–Crippen MR) is 75.0 cm³/mol. The summed E-state index contributed by atoms with van der Waals surface area (Å²) >= 11 is 0. The van der Waals surface area contributed by atoms with Crippen molar-refractivity contribution in [3.63, 3.8) is 0 Å². The summed E-state index contributed by atoms with van der Waals surface area (Å²) in [5.74, 6) is -0.450. The fraction of sp³-hybridized carbons (Fsp3) is 0.286. The zero-order valence-corrected chi connectivity index (χ0v) is 11.7. The van der Waals surface area contributed by atoms with E-state index in [4.69, 9.17) is 0 Å². The van der Waals surface area contributed by atoms with Gasteiger partial charge in [0.15, 0.2) is 0 Å². The summed E-state index contributed by atoms with van der Waals surface area (Å²) in [7, 11) is 2.46. The quantitative estimate of drug-likeness (QED) is 0.738.